The van der Waals surface area contributed by atoms with Gasteiger partial charge in [0.2, 0.25) is 11.9 Å². The second-order valence-corrected chi connectivity index (χ2v) is 3.03. The Morgan fingerprint density at radius 1 is 1.60 bits per heavy atom. The highest BCUT2D eigenvalue weighted by atomic mass is 16.2. The third-order valence-electron chi connectivity index (χ3n) is 1.80. The van der Waals surface area contributed by atoms with Crippen molar-refractivity contribution < 1.29 is 9.59 Å². The van der Waals surface area contributed by atoms with Crippen molar-refractivity contribution in [3.63, 3.8) is 0 Å². The van der Waals surface area contributed by atoms with Crippen LogP contribution in [0.15, 0.2) is 4.79 Å². The molecule has 0 aliphatic carbocycles. The summed E-state index contributed by atoms with van der Waals surface area (Å²) in [5, 5.41) is 2.36. The van der Waals surface area contributed by atoms with Crippen molar-refractivity contribution in [2.75, 3.05) is 5.32 Å². The molecule has 1 aromatic heterocycles. The summed E-state index contributed by atoms with van der Waals surface area (Å²) in [4.78, 5) is 38.8. The van der Waals surface area contributed by atoms with Crippen LogP contribution in [0.25, 0.3) is 0 Å². The second-order valence-electron chi connectivity index (χ2n) is 3.03. The van der Waals surface area contributed by atoms with E-state index >= 15 is 0 Å². The average molecular weight is 209 g/mol. The fourth-order valence-corrected chi connectivity index (χ4v) is 1.16. The summed E-state index contributed by atoms with van der Waals surface area (Å²) in [6.07, 6.45) is 0.659. The molecule has 0 radical (unpaired) electrons. The number of nitrogens with zero attached hydrogens (tertiary/aromatic N) is 1. The summed E-state index contributed by atoms with van der Waals surface area (Å²) >= 11 is 0. The highest BCUT2D eigenvalue weighted by molar-refractivity contribution is 5.86. The molecular formula is C9H11N3O3. The zero-order valence-corrected chi connectivity index (χ0v) is 8.46. The first-order valence-electron chi connectivity index (χ1n) is 4.35. The normalized spacial score (nSPS) is 9.73. The van der Waals surface area contributed by atoms with Crippen molar-refractivity contribution in [2.45, 2.75) is 20.3 Å². The average Bonchev–Trinajstić information content (AvgIpc) is 2.10. The maximum absolute atomic E-state index is 11.4. The van der Waals surface area contributed by atoms with Crippen LogP contribution in [-0.4, -0.2) is 22.2 Å². The summed E-state index contributed by atoms with van der Waals surface area (Å²) in [5.41, 5.74) is 0.354. The monoisotopic (exact) mass is 209 g/mol. The molecule has 0 saturated carbocycles. The number of amides is 1. The van der Waals surface area contributed by atoms with Crippen LogP contribution in [0.3, 0.4) is 0 Å². The van der Waals surface area contributed by atoms with E-state index in [-0.39, 0.29) is 18.3 Å². The number of hydrogen-bond acceptors (Lipinski definition) is 4. The number of aryl methyl sites for hydroxylation is 1. The predicted molar refractivity (Wildman–Crippen MR) is 53.7 cm³/mol. The minimum Gasteiger partial charge on any atom is -0.303 e. The van der Waals surface area contributed by atoms with Crippen LogP contribution in [0.1, 0.15) is 18.2 Å². The maximum atomic E-state index is 11.4. The summed E-state index contributed by atoms with van der Waals surface area (Å²) in [6, 6.07) is 0. The first-order chi connectivity index (χ1) is 7.04. The van der Waals surface area contributed by atoms with Gasteiger partial charge in [0.15, 0.2) is 0 Å². The molecule has 1 aromatic rings. The van der Waals surface area contributed by atoms with Gasteiger partial charge >= 0.3 is 0 Å². The van der Waals surface area contributed by atoms with Crippen LogP contribution < -0.4 is 10.9 Å². The molecule has 0 spiro atoms. The van der Waals surface area contributed by atoms with Crippen LogP contribution >= 0.6 is 0 Å². The van der Waals surface area contributed by atoms with Crippen molar-refractivity contribution in [3.05, 3.63) is 21.6 Å². The molecule has 0 atom stereocenters. The van der Waals surface area contributed by atoms with E-state index in [1.807, 2.05) is 0 Å². The fourth-order valence-electron chi connectivity index (χ4n) is 1.16. The van der Waals surface area contributed by atoms with E-state index in [4.69, 9.17) is 0 Å². The fraction of sp³-hybridized carbons (Fsp3) is 0.333. The quantitative estimate of drug-likeness (QED) is 0.673. The molecule has 2 N–H and O–H groups in total. The second kappa shape index (κ2) is 4.50. The topological polar surface area (TPSA) is 91.9 Å². The van der Waals surface area contributed by atoms with E-state index in [1.165, 1.54) is 6.92 Å². The minimum absolute atomic E-state index is 0.0223. The number of anilines is 1. The summed E-state index contributed by atoms with van der Waals surface area (Å²) in [6.45, 7) is 2.92. The van der Waals surface area contributed by atoms with Gasteiger partial charge in [-0.25, -0.2) is 4.98 Å². The zero-order chi connectivity index (χ0) is 11.4. The van der Waals surface area contributed by atoms with Gasteiger partial charge in [0.1, 0.15) is 6.29 Å². The van der Waals surface area contributed by atoms with E-state index in [1.54, 1.807) is 6.92 Å². The lowest BCUT2D eigenvalue weighted by Gasteiger charge is -2.04. The molecule has 0 aliphatic heterocycles. The first-order valence-corrected chi connectivity index (χ1v) is 4.35. The highest BCUT2D eigenvalue weighted by Crippen LogP contribution is 2.02. The van der Waals surface area contributed by atoms with Gasteiger partial charge in [-0.05, 0) is 6.92 Å². The Balaban J connectivity index is 3.13. The van der Waals surface area contributed by atoms with Gasteiger partial charge in [-0.3, -0.25) is 19.9 Å². The van der Waals surface area contributed by atoms with Crippen molar-refractivity contribution >= 4 is 18.1 Å². The van der Waals surface area contributed by atoms with Crippen molar-refractivity contribution in [2.24, 2.45) is 0 Å². The minimum atomic E-state index is -0.404. The van der Waals surface area contributed by atoms with Gasteiger partial charge < -0.3 is 4.79 Å². The van der Waals surface area contributed by atoms with Gasteiger partial charge in [0.25, 0.3) is 5.56 Å². The van der Waals surface area contributed by atoms with Crippen LogP contribution in [0.2, 0.25) is 0 Å². The van der Waals surface area contributed by atoms with Crippen molar-refractivity contribution in [1.29, 1.82) is 0 Å². The van der Waals surface area contributed by atoms with Crippen LogP contribution in [0.5, 0.6) is 0 Å². The summed E-state index contributed by atoms with van der Waals surface area (Å²) < 4.78 is 0. The van der Waals surface area contributed by atoms with E-state index in [2.05, 4.69) is 15.3 Å². The van der Waals surface area contributed by atoms with Gasteiger partial charge in [0, 0.05) is 18.9 Å². The summed E-state index contributed by atoms with van der Waals surface area (Å²) in [7, 11) is 0. The van der Waals surface area contributed by atoms with Crippen LogP contribution in [0.4, 0.5) is 5.95 Å². The Bertz CT molecular complexity index is 450. The largest absolute Gasteiger partial charge is 0.303 e. The van der Waals surface area contributed by atoms with Gasteiger partial charge in [-0.1, -0.05) is 0 Å². The van der Waals surface area contributed by atoms with Crippen LogP contribution in [-0.2, 0) is 16.0 Å². The molecule has 1 heterocycles. The standard InChI is InChI=1S/C9H11N3O3/c1-5-7(3-4-13)8(15)12-9(10-5)11-6(2)14/h4H,3H2,1-2H3,(H2,10,11,12,14,15). The van der Waals surface area contributed by atoms with Crippen molar-refractivity contribution in [1.82, 2.24) is 9.97 Å². The third-order valence-corrected chi connectivity index (χ3v) is 1.80. The molecule has 0 saturated heterocycles. The summed E-state index contributed by atoms with van der Waals surface area (Å²) in [5.74, 6) is -0.222. The number of rotatable bonds is 3. The molecule has 15 heavy (non-hydrogen) atoms. The number of hydrogen-bond donors (Lipinski definition) is 2. The lowest BCUT2D eigenvalue weighted by molar-refractivity contribution is -0.114. The van der Waals surface area contributed by atoms with Gasteiger partial charge in [-0.15, -0.1) is 0 Å². The number of H-pyrrole nitrogens is 1. The molecule has 6 heteroatoms. The number of carbonyl (C=O) groups excluding carboxylic acids is 2. The van der Waals surface area contributed by atoms with E-state index in [0.29, 0.717) is 17.5 Å². The smallest absolute Gasteiger partial charge is 0.256 e. The first kappa shape index (κ1) is 11.1. The molecule has 0 fully saturated rings. The third kappa shape index (κ3) is 2.73. The van der Waals surface area contributed by atoms with E-state index < -0.39 is 5.56 Å². The molecule has 0 unspecified atom stereocenters. The maximum Gasteiger partial charge on any atom is 0.256 e. The Labute approximate surface area is 85.7 Å². The van der Waals surface area contributed by atoms with Gasteiger partial charge in [0.05, 0.1) is 5.69 Å². The lowest BCUT2D eigenvalue weighted by atomic mass is 10.2. The molecular weight excluding hydrogens is 198 g/mol. The SMILES string of the molecule is CC(=O)Nc1nc(C)c(CC=O)c(=O)[nH]1. The van der Waals surface area contributed by atoms with Crippen molar-refractivity contribution in [3.8, 4) is 0 Å². The Morgan fingerprint density at radius 2 is 2.27 bits per heavy atom. The molecule has 1 rings (SSSR count). The molecule has 0 bridgehead atoms. The number of nitrogens with one attached hydrogen (secondary N) is 2. The molecule has 80 valence electrons. The van der Waals surface area contributed by atoms with E-state index in [0.717, 1.165) is 0 Å². The predicted octanol–water partition coefficient (Wildman–Crippen LogP) is -0.222. The number of aromatic nitrogens is 2. The molecule has 1 amide bonds. The van der Waals surface area contributed by atoms with Gasteiger partial charge in [-0.2, -0.15) is 0 Å². The molecule has 0 aliphatic rings. The highest BCUT2D eigenvalue weighted by Gasteiger charge is 2.07. The number of aldehydes is 1. The lowest BCUT2D eigenvalue weighted by Crippen LogP contribution is -2.21. The Hall–Kier alpha value is -1.98. The number of carbonyl (C=O) groups is 2. The van der Waals surface area contributed by atoms with Crippen LogP contribution in [0, 0.1) is 6.92 Å². The molecule has 0 aromatic carbocycles. The number of aromatic amines is 1. The Morgan fingerprint density at radius 3 is 2.73 bits per heavy atom. The Kier molecular flexibility index (Phi) is 3.33. The molecule has 6 nitrogen and oxygen atoms in total. The zero-order valence-electron chi connectivity index (χ0n) is 8.46. The van der Waals surface area contributed by atoms with E-state index in [9.17, 15) is 14.4 Å².